The first-order chi connectivity index (χ1) is 12.4. The van der Waals surface area contributed by atoms with Gasteiger partial charge in [0.25, 0.3) is 5.91 Å². The molecular weight excluding hydrogens is 328 g/mol. The van der Waals surface area contributed by atoms with Crippen LogP contribution in [0, 0.1) is 20.8 Å². The van der Waals surface area contributed by atoms with Crippen molar-refractivity contribution in [3.05, 3.63) is 58.1 Å². The molecule has 2 aromatic carbocycles. The minimum absolute atomic E-state index is 0.0367. The first-order valence-corrected chi connectivity index (χ1v) is 8.81. The smallest absolute Gasteiger partial charge is 0.264 e. The van der Waals surface area contributed by atoms with Crippen LogP contribution in [0.5, 0.6) is 5.75 Å². The number of rotatable bonds is 4. The summed E-state index contributed by atoms with van der Waals surface area (Å²) in [7, 11) is 0. The number of benzene rings is 2. The molecule has 0 radical (unpaired) electrons. The Balaban J connectivity index is 1.81. The number of nitrogens with zero attached hydrogens (tertiary/aromatic N) is 1. The molecule has 1 aliphatic rings. The first kappa shape index (κ1) is 18.0. The second-order valence-electron chi connectivity index (χ2n) is 6.83. The third-order valence-electron chi connectivity index (χ3n) is 4.76. The second kappa shape index (κ2) is 7.20. The predicted octanol–water partition coefficient (Wildman–Crippen LogP) is 3.07. The van der Waals surface area contributed by atoms with Gasteiger partial charge in [-0.3, -0.25) is 9.59 Å². The van der Waals surface area contributed by atoms with Crippen molar-refractivity contribution in [2.45, 2.75) is 33.6 Å². The van der Waals surface area contributed by atoms with Gasteiger partial charge in [0.05, 0.1) is 0 Å². The van der Waals surface area contributed by atoms with E-state index in [1.807, 2.05) is 39.0 Å². The topological polar surface area (TPSA) is 72.6 Å². The lowest BCUT2D eigenvalue weighted by atomic mass is 9.96. The van der Waals surface area contributed by atoms with Crippen LogP contribution in [0.15, 0.2) is 30.3 Å². The zero-order valence-corrected chi connectivity index (χ0v) is 15.5. The van der Waals surface area contributed by atoms with Gasteiger partial charge in [0.1, 0.15) is 5.75 Å². The Hall–Kier alpha value is -2.82. The summed E-state index contributed by atoms with van der Waals surface area (Å²) in [6.07, 6.45) is 1.54. The van der Waals surface area contributed by atoms with Crippen LogP contribution in [0.4, 0.5) is 5.69 Å². The van der Waals surface area contributed by atoms with Crippen LogP contribution in [0.3, 0.4) is 0 Å². The summed E-state index contributed by atoms with van der Waals surface area (Å²) in [4.78, 5) is 26.1. The normalized spacial score (nSPS) is 13.3. The molecule has 2 N–H and O–H groups in total. The molecule has 0 saturated heterocycles. The molecule has 2 amide bonds. The average Bonchev–Trinajstić information content (AvgIpc) is 2.59. The van der Waals surface area contributed by atoms with Crippen LogP contribution >= 0.6 is 0 Å². The maximum absolute atomic E-state index is 12.8. The van der Waals surface area contributed by atoms with Crippen LogP contribution in [0.2, 0.25) is 0 Å². The minimum Gasteiger partial charge on any atom is -0.483 e. The molecule has 136 valence electrons. The zero-order chi connectivity index (χ0) is 18.8. The Morgan fingerprint density at radius 1 is 1.15 bits per heavy atom. The molecule has 2 aromatic rings. The van der Waals surface area contributed by atoms with Gasteiger partial charge >= 0.3 is 0 Å². The maximum Gasteiger partial charge on any atom is 0.264 e. The Bertz CT molecular complexity index is 851. The molecule has 26 heavy (non-hydrogen) atoms. The van der Waals surface area contributed by atoms with E-state index >= 15 is 0 Å². The number of hydrogen-bond acceptors (Lipinski definition) is 3. The van der Waals surface area contributed by atoms with Crippen LogP contribution in [-0.4, -0.2) is 25.0 Å². The third-order valence-corrected chi connectivity index (χ3v) is 4.76. The summed E-state index contributed by atoms with van der Waals surface area (Å²) >= 11 is 0. The summed E-state index contributed by atoms with van der Waals surface area (Å²) in [5, 5.41) is 0. The fourth-order valence-electron chi connectivity index (χ4n) is 3.72. The van der Waals surface area contributed by atoms with Gasteiger partial charge in [-0.25, -0.2) is 0 Å². The van der Waals surface area contributed by atoms with E-state index in [0.717, 1.165) is 41.0 Å². The molecule has 0 saturated carbocycles. The monoisotopic (exact) mass is 352 g/mol. The predicted molar refractivity (Wildman–Crippen MR) is 102 cm³/mol. The molecular formula is C21H24N2O3. The quantitative estimate of drug-likeness (QED) is 0.919. The van der Waals surface area contributed by atoms with Crippen molar-refractivity contribution in [3.63, 3.8) is 0 Å². The van der Waals surface area contributed by atoms with Gasteiger partial charge in [0, 0.05) is 17.8 Å². The maximum atomic E-state index is 12.8. The van der Waals surface area contributed by atoms with E-state index in [1.165, 1.54) is 5.56 Å². The minimum atomic E-state index is -0.460. The van der Waals surface area contributed by atoms with Crippen molar-refractivity contribution in [2.24, 2.45) is 5.73 Å². The number of carbonyl (C=O) groups excluding carboxylic acids is 2. The molecule has 0 unspecified atom stereocenters. The second-order valence-corrected chi connectivity index (χ2v) is 6.83. The average molecular weight is 352 g/mol. The van der Waals surface area contributed by atoms with Crippen LogP contribution in [-0.2, 0) is 11.2 Å². The van der Waals surface area contributed by atoms with E-state index in [1.54, 1.807) is 17.0 Å². The van der Waals surface area contributed by atoms with Gasteiger partial charge in [-0.2, -0.15) is 0 Å². The van der Waals surface area contributed by atoms with E-state index < -0.39 is 5.91 Å². The van der Waals surface area contributed by atoms with Crippen molar-refractivity contribution in [1.82, 2.24) is 0 Å². The van der Waals surface area contributed by atoms with E-state index in [4.69, 9.17) is 10.5 Å². The number of nitrogens with two attached hydrogens (primary N) is 1. The number of aryl methyl sites for hydroxylation is 3. The Morgan fingerprint density at radius 3 is 2.50 bits per heavy atom. The zero-order valence-electron chi connectivity index (χ0n) is 15.5. The van der Waals surface area contributed by atoms with Crippen LogP contribution in [0.1, 0.15) is 39.0 Å². The molecule has 3 rings (SSSR count). The number of anilines is 1. The summed E-state index contributed by atoms with van der Waals surface area (Å²) in [6, 6.07) is 9.43. The number of primary amides is 1. The molecule has 0 atom stereocenters. The highest BCUT2D eigenvalue weighted by atomic mass is 16.5. The lowest BCUT2D eigenvalue weighted by Crippen LogP contribution is -2.39. The highest BCUT2D eigenvalue weighted by molar-refractivity contribution is 6.00. The van der Waals surface area contributed by atoms with Crippen LogP contribution in [0.25, 0.3) is 0 Å². The van der Waals surface area contributed by atoms with Gasteiger partial charge in [-0.15, -0.1) is 0 Å². The van der Waals surface area contributed by atoms with E-state index in [2.05, 4.69) is 0 Å². The molecule has 0 aromatic heterocycles. The van der Waals surface area contributed by atoms with Gasteiger partial charge in [-0.1, -0.05) is 23.8 Å². The Morgan fingerprint density at radius 2 is 1.85 bits per heavy atom. The number of carbonyl (C=O) groups is 2. The van der Waals surface area contributed by atoms with Gasteiger partial charge in [-0.05, 0) is 62.4 Å². The molecule has 0 fully saturated rings. The molecule has 5 heteroatoms. The molecule has 0 aliphatic carbocycles. The van der Waals surface area contributed by atoms with Crippen molar-refractivity contribution in [1.29, 1.82) is 0 Å². The molecule has 0 spiro atoms. The van der Waals surface area contributed by atoms with Crippen molar-refractivity contribution < 1.29 is 14.3 Å². The summed E-state index contributed by atoms with van der Waals surface area (Å²) in [6.45, 7) is 6.58. The van der Waals surface area contributed by atoms with Gasteiger partial charge in [0.15, 0.2) is 6.61 Å². The van der Waals surface area contributed by atoms with Gasteiger partial charge in [0.2, 0.25) is 5.91 Å². The molecule has 0 bridgehead atoms. The van der Waals surface area contributed by atoms with E-state index in [-0.39, 0.29) is 12.5 Å². The van der Waals surface area contributed by atoms with Crippen molar-refractivity contribution in [3.8, 4) is 5.75 Å². The fourth-order valence-corrected chi connectivity index (χ4v) is 3.72. The highest BCUT2D eigenvalue weighted by Gasteiger charge is 2.26. The lowest BCUT2D eigenvalue weighted by molar-refractivity contribution is -0.120. The largest absolute Gasteiger partial charge is 0.483 e. The molecule has 1 heterocycles. The molecule has 1 aliphatic heterocycles. The van der Waals surface area contributed by atoms with E-state index in [0.29, 0.717) is 12.1 Å². The van der Waals surface area contributed by atoms with Crippen molar-refractivity contribution >= 4 is 17.5 Å². The van der Waals surface area contributed by atoms with Crippen molar-refractivity contribution in [2.75, 3.05) is 18.1 Å². The third kappa shape index (κ3) is 3.43. The first-order valence-electron chi connectivity index (χ1n) is 8.81. The van der Waals surface area contributed by atoms with Crippen LogP contribution < -0.4 is 15.4 Å². The summed E-state index contributed by atoms with van der Waals surface area (Å²) < 4.78 is 5.85. The number of amides is 2. The van der Waals surface area contributed by atoms with Gasteiger partial charge < -0.3 is 15.4 Å². The van der Waals surface area contributed by atoms with E-state index in [9.17, 15) is 9.59 Å². The number of ether oxygens (including phenoxy) is 1. The number of fused-ring (bicyclic) bond motifs is 1. The summed E-state index contributed by atoms with van der Waals surface area (Å²) in [5.41, 5.74) is 10.8. The Kier molecular flexibility index (Phi) is 4.98. The highest BCUT2D eigenvalue weighted by Crippen LogP contribution is 2.30. The SMILES string of the molecule is Cc1cc(C)c(OCC(=O)N2CCCc3c(C(N)=O)cccc32)c(C)c1. The summed E-state index contributed by atoms with van der Waals surface area (Å²) in [5.74, 6) is 0.178. The Labute approximate surface area is 153 Å². The lowest BCUT2D eigenvalue weighted by Gasteiger charge is -2.30. The fraction of sp³-hybridized carbons (Fsp3) is 0.333. The number of hydrogen-bond donors (Lipinski definition) is 1. The standard InChI is InChI=1S/C21H24N2O3/c1-13-10-14(2)20(15(3)11-13)26-12-19(24)23-9-5-7-16-17(21(22)25)6-4-8-18(16)23/h4,6,8,10-11H,5,7,9,12H2,1-3H3,(H2,22,25). The molecule has 5 nitrogen and oxygen atoms in total.